The van der Waals surface area contributed by atoms with Crippen molar-refractivity contribution in [3.8, 4) is 0 Å². The topological polar surface area (TPSA) is 38.3 Å². The van der Waals surface area contributed by atoms with Gasteiger partial charge in [0.2, 0.25) is 0 Å². The van der Waals surface area contributed by atoms with Gasteiger partial charge < -0.3 is 10.1 Å². The maximum atomic E-state index is 11.2. The molecular weight excluding hydrogens is 214 g/mol. The number of hydrogen-bond donors (Lipinski definition) is 1. The molecule has 0 aromatic rings. The van der Waals surface area contributed by atoms with Crippen molar-refractivity contribution in [2.24, 2.45) is 5.92 Å². The summed E-state index contributed by atoms with van der Waals surface area (Å²) in [7, 11) is 1.42. The number of methoxy groups -OCH3 is 1. The molecule has 0 spiro atoms. The minimum absolute atomic E-state index is 0.234. The Morgan fingerprint density at radius 2 is 2.24 bits per heavy atom. The van der Waals surface area contributed by atoms with E-state index in [1.165, 1.54) is 39.2 Å². The lowest BCUT2D eigenvalue weighted by atomic mass is 9.84. The number of ether oxygens (including phenoxy) is 1. The molecule has 1 aliphatic carbocycles. The zero-order chi connectivity index (χ0) is 12.7. The van der Waals surface area contributed by atoms with Gasteiger partial charge in [-0.05, 0) is 25.7 Å². The molecule has 0 aromatic heterocycles. The largest absolute Gasteiger partial charge is 0.466 e. The van der Waals surface area contributed by atoms with Crippen molar-refractivity contribution in [2.75, 3.05) is 13.7 Å². The molecule has 1 N–H and O–H groups in total. The molecule has 1 rings (SSSR count). The SMILES string of the molecule is CCC1CCCC(NC/C=C(/C)C(=O)OC)C1. The van der Waals surface area contributed by atoms with Crippen LogP contribution in [0.25, 0.3) is 0 Å². The summed E-state index contributed by atoms with van der Waals surface area (Å²) in [6, 6.07) is 0.621. The quantitative estimate of drug-likeness (QED) is 0.592. The van der Waals surface area contributed by atoms with Crippen LogP contribution in [-0.2, 0) is 9.53 Å². The molecule has 2 unspecified atom stereocenters. The molecule has 0 saturated heterocycles. The lowest BCUT2D eigenvalue weighted by Crippen LogP contribution is -2.34. The van der Waals surface area contributed by atoms with Crippen LogP contribution in [0.2, 0.25) is 0 Å². The summed E-state index contributed by atoms with van der Waals surface area (Å²) in [5.41, 5.74) is 0.683. The van der Waals surface area contributed by atoms with Crippen molar-refractivity contribution in [1.82, 2.24) is 5.32 Å². The second-order valence-electron chi connectivity index (χ2n) is 4.92. The summed E-state index contributed by atoms with van der Waals surface area (Å²) in [5, 5.41) is 3.51. The molecule has 0 radical (unpaired) electrons. The van der Waals surface area contributed by atoms with E-state index < -0.39 is 0 Å². The normalized spacial score (nSPS) is 25.7. The monoisotopic (exact) mass is 239 g/mol. The molecule has 17 heavy (non-hydrogen) atoms. The number of esters is 1. The highest BCUT2D eigenvalue weighted by Crippen LogP contribution is 2.26. The van der Waals surface area contributed by atoms with E-state index in [0.717, 1.165) is 12.5 Å². The number of carbonyl (C=O) groups excluding carboxylic acids is 1. The minimum atomic E-state index is -0.234. The lowest BCUT2D eigenvalue weighted by Gasteiger charge is -2.28. The van der Waals surface area contributed by atoms with Gasteiger partial charge in [0, 0.05) is 18.2 Å². The summed E-state index contributed by atoms with van der Waals surface area (Å²) >= 11 is 0. The lowest BCUT2D eigenvalue weighted by molar-refractivity contribution is -0.136. The van der Waals surface area contributed by atoms with Crippen LogP contribution in [0.1, 0.15) is 46.0 Å². The molecule has 1 saturated carbocycles. The van der Waals surface area contributed by atoms with E-state index in [1.807, 2.05) is 6.08 Å². The summed E-state index contributed by atoms with van der Waals surface area (Å²) in [4.78, 5) is 11.2. The highest BCUT2D eigenvalue weighted by atomic mass is 16.5. The number of carbonyl (C=O) groups is 1. The molecule has 0 aromatic carbocycles. The van der Waals surface area contributed by atoms with Crippen LogP contribution in [0.5, 0.6) is 0 Å². The molecule has 0 heterocycles. The van der Waals surface area contributed by atoms with Crippen molar-refractivity contribution in [1.29, 1.82) is 0 Å². The molecule has 3 nitrogen and oxygen atoms in total. The Kier molecular flexibility index (Phi) is 6.27. The first-order valence-electron chi connectivity index (χ1n) is 6.65. The van der Waals surface area contributed by atoms with Crippen molar-refractivity contribution in [3.63, 3.8) is 0 Å². The standard InChI is InChI=1S/C14H25NO2/c1-4-12-6-5-7-13(10-12)15-9-8-11(2)14(16)17-3/h8,12-13,15H,4-7,9-10H2,1-3H3/b11-8-. The number of rotatable bonds is 5. The van der Waals surface area contributed by atoms with Gasteiger partial charge in [-0.25, -0.2) is 4.79 Å². The highest BCUT2D eigenvalue weighted by molar-refractivity contribution is 5.87. The van der Waals surface area contributed by atoms with E-state index in [4.69, 9.17) is 0 Å². The fraction of sp³-hybridized carbons (Fsp3) is 0.786. The molecule has 0 bridgehead atoms. The fourth-order valence-corrected chi connectivity index (χ4v) is 2.47. The van der Waals surface area contributed by atoms with E-state index in [-0.39, 0.29) is 5.97 Å². The maximum absolute atomic E-state index is 11.2. The average molecular weight is 239 g/mol. The van der Waals surface area contributed by atoms with Gasteiger partial charge in [0.15, 0.2) is 0 Å². The first-order valence-corrected chi connectivity index (χ1v) is 6.65. The van der Waals surface area contributed by atoms with E-state index in [1.54, 1.807) is 6.92 Å². The van der Waals surface area contributed by atoms with Crippen LogP contribution in [0.3, 0.4) is 0 Å². The Morgan fingerprint density at radius 3 is 2.88 bits per heavy atom. The molecule has 2 atom stereocenters. The van der Waals surface area contributed by atoms with Gasteiger partial charge in [-0.3, -0.25) is 0 Å². The van der Waals surface area contributed by atoms with Gasteiger partial charge in [-0.1, -0.05) is 32.3 Å². The van der Waals surface area contributed by atoms with E-state index in [0.29, 0.717) is 11.6 Å². The van der Waals surface area contributed by atoms with E-state index >= 15 is 0 Å². The van der Waals surface area contributed by atoms with Crippen molar-refractivity contribution in [3.05, 3.63) is 11.6 Å². The van der Waals surface area contributed by atoms with Crippen molar-refractivity contribution < 1.29 is 9.53 Å². The van der Waals surface area contributed by atoms with E-state index in [2.05, 4.69) is 17.0 Å². The number of nitrogens with one attached hydrogen (secondary N) is 1. The first-order chi connectivity index (χ1) is 8.17. The van der Waals surface area contributed by atoms with Gasteiger partial charge in [-0.15, -0.1) is 0 Å². The minimum Gasteiger partial charge on any atom is -0.466 e. The Hall–Kier alpha value is -0.830. The van der Waals surface area contributed by atoms with Crippen LogP contribution in [-0.4, -0.2) is 25.7 Å². The Morgan fingerprint density at radius 1 is 1.47 bits per heavy atom. The van der Waals surface area contributed by atoms with Crippen molar-refractivity contribution >= 4 is 5.97 Å². The summed E-state index contributed by atoms with van der Waals surface area (Å²) in [6.45, 7) is 4.83. The van der Waals surface area contributed by atoms with Crippen LogP contribution >= 0.6 is 0 Å². The zero-order valence-corrected chi connectivity index (χ0v) is 11.3. The molecule has 3 heteroatoms. The average Bonchev–Trinajstić information content (AvgIpc) is 2.37. The molecule has 0 amide bonds. The molecule has 1 aliphatic rings. The Labute approximate surface area is 105 Å². The van der Waals surface area contributed by atoms with Gasteiger partial charge in [-0.2, -0.15) is 0 Å². The predicted octanol–water partition coefficient (Wildman–Crippen LogP) is 2.66. The Balaban J connectivity index is 2.28. The summed E-state index contributed by atoms with van der Waals surface area (Å²) in [5.74, 6) is 0.647. The number of hydrogen-bond acceptors (Lipinski definition) is 3. The molecule has 1 fully saturated rings. The van der Waals surface area contributed by atoms with Gasteiger partial charge in [0.25, 0.3) is 0 Å². The molecule has 98 valence electrons. The Bertz CT molecular complexity index is 273. The fourth-order valence-electron chi connectivity index (χ4n) is 2.47. The summed E-state index contributed by atoms with van der Waals surface area (Å²) in [6.07, 6.45) is 8.46. The van der Waals surface area contributed by atoms with Gasteiger partial charge in [0.05, 0.1) is 7.11 Å². The predicted molar refractivity (Wildman–Crippen MR) is 69.8 cm³/mol. The second-order valence-corrected chi connectivity index (χ2v) is 4.92. The third-order valence-corrected chi connectivity index (χ3v) is 3.68. The van der Waals surface area contributed by atoms with Gasteiger partial charge in [0.1, 0.15) is 0 Å². The second kappa shape index (κ2) is 7.49. The smallest absolute Gasteiger partial charge is 0.333 e. The van der Waals surface area contributed by atoms with Crippen LogP contribution < -0.4 is 5.32 Å². The van der Waals surface area contributed by atoms with Crippen LogP contribution in [0.4, 0.5) is 0 Å². The van der Waals surface area contributed by atoms with Crippen LogP contribution in [0.15, 0.2) is 11.6 Å². The third-order valence-electron chi connectivity index (χ3n) is 3.68. The first kappa shape index (κ1) is 14.2. The third kappa shape index (κ3) is 4.90. The maximum Gasteiger partial charge on any atom is 0.333 e. The zero-order valence-electron chi connectivity index (χ0n) is 11.3. The van der Waals surface area contributed by atoms with Crippen LogP contribution in [0, 0.1) is 5.92 Å². The van der Waals surface area contributed by atoms with Crippen molar-refractivity contribution in [2.45, 2.75) is 52.0 Å². The molecular formula is C14H25NO2. The molecule has 0 aliphatic heterocycles. The summed E-state index contributed by atoms with van der Waals surface area (Å²) < 4.78 is 4.65. The highest BCUT2D eigenvalue weighted by Gasteiger charge is 2.19. The van der Waals surface area contributed by atoms with E-state index in [9.17, 15) is 4.79 Å². The van der Waals surface area contributed by atoms with Gasteiger partial charge >= 0.3 is 5.97 Å².